The van der Waals surface area contributed by atoms with Crippen molar-refractivity contribution >= 4 is 33.3 Å². The molecule has 4 aromatic rings. The highest BCUT2D eigenvalue weighted by Gasteiger charge is 2.11. The molecule has 0 atom stereocenters. The first-order valence-electron chi connectivity index (χ1n) is 8.00. The largest absolute Gasteiger partial charge is 0.494 e. The molecule has 0 bridgehead atoms. The minimum atomic E-state index is -0.347. The summed E-state index contributed by atoms with van der Waals surface area (Å²) in [5.41, 5.74) is 2.06. The lowest BCUT2D eigenvalue weighted by molar-refractivity contribution is 0.386. The van der Waals surface area contributed by atoms with Gasteiger partial charge in [0.15, 0.2) is 11.6 Å². The SMILES string of the molecule is COc1ccc(CSc2ncnc3sc(-c4ccccc4)cc23)cc1F. The van der Waals surface area contributed by atoms with Gasteiger partial charge in [0.1, 0.15) is 16.2 Å². The Morgan fingerprint density at radius 1 is 1.08 bits per heavy atom. The molecular formula is C20H15FN2OS2. The Morgan fingerprint density at radius 3 is 2.69 bits per heavy atom. The molecule has 3 nitrogen and oxygen atoms in total. The first-order chi connectivity index (χ1) is 12.7. The molecule has 0 N–H and O–H groups in total. The molecule has 0 unspecified atom stereocenters. The van der Waals surface area contributed by atoms with Crippen LogP contribution in [0, 0.1) is 5.82 Å². The maximum Gasteiger partial charge on any atom is 0.165 e. The summed E-state index contributed by atoms with van der Waals surface area (Å²) in [5, 5.41) is 1.94. The summed E-state index contributed by atoms with van der Waals surface area (Å²) in [4.78, 5) is 10.9. The minimum absolute atomic E-state index is 0.258. The molecule has 26 heavy (non-hydrogen) atoms. The summed E-state index contributed by atoms with van der Waals surface area (Å²) in [5.74, 6) is 0.539. The Balaban J connectivity index is 1.60. The van der Waals surface area contributed by atoms with E-state index in [0.29, 0.717) is 5.75 Å². The number of nitrogens with zero attached hydrogens (tertiary/aromatic N) is 2. The number of thioether (sulfide) groups is 1. The predicted octanol–water partition coefficient (Wildman–Crippen LogP) is 5.80. The zero-order valence-electron chi connectivity index (χ0n) is 14.0. The molecule has 4 rings (SSSR count). The zero-order valence-corrected chi connectivity index (χ0v) is 15.6. The lowest BCUT2D eigenvalue weighted by Gasteiger charge is -2.05. The van der Waals surface area contributed by atoms with E-state index in [-0.39, 0.29) is 11.6 Å². The molecule has 0 aliphatic carbocycles. The fourth-order valence-electron chi connectivity index (χ4n) is 2.64. The minimum Gasteiger partial charge on any atom is -0.494 e. The van der Waals surface area contributed by atoms with E-state index in [2.05, 4.69) is 28.2 Å². The van der Waals surface area contributed by atoms with Gasteiger partial charge in [0.05, 0.1) is 7.11 Å². The quantitative estimate of drug-likeness (QED) is 0.323. The highest BCUT2D eigenvalue weighted by atomic mass is 32.2. The molecule has 0 saturated carbocycles. The number of thiophene rings is 1. The van der Waals surface area contributed by atoms with Gasteiger partial charge in [0, 0.05) is 16.0 Å². The van der Waals surface area contributed by atoms with Gasteiger partial charge in [0.25, 0.3) is 0 Å². The average molecular weight is 382 g/mol. The summed E-state index contributed by atoms with van der Waals surface area (Å²) in [7, 11) is 1.46. The third kappa shape index (κ3) is 3.43. The number of ether oxygens (including phenoxy) is 1. The first-order valence-corrected chi connectivity index (χ1v) is 9.80. The van der Waals surface area contributed by atoms with Crippen LogP contribution in [-0.2, 0) is 5.75 Å². The van der Waals surface area contributed by atoms with Gasteiger partial charge < -0.3 is 4.74 Å². The van der Waals surface area contributed by atoms with E-state index >= 15 is 0 Å². The normalized spacial score (nSPS) is 11.0. The van der Waals surface area contributed by atoms with Crippen LogP contribution in [0.4, 0.5) is 4.39 Å². The molecule has 2 aromatic heterocycles. The Labute approximate surface area is 158 Å². The number of fused-ring (bicyclic) bond motifs is 1. The smallest absolute Gasteiger partial charge is 0.165 e. The molecule has 0 radical (unpaired) electrons. The zero-order chi connectivity index (χ0) is 17.9. The van der Waals surface area contributed by atoms with Crippen LogP contribution in [0.15, 0.2) is 66.0 Å². The monoisotopic (exact) mass is 382 g/mol. The van der Waals surface area contributed by atoms with Gasteiger partial charge in [-0.15, -0.1) is 23.1 Å². The Morgan fingerprint density at radius 2 is 1.92 bits per heavy atom. The number of hydrogen-bond donors (Lipinski definition) is 0. The topological polar surface area (TPSA) is 35.0 Å². The summed E-state index contributed by atoms with van der Waals surface area (Å²) < 4.78 is 18.8. The van der Waals surface area contributed by atoms with Crippen molar-refractivity contribution in [2.45, 2.75) is 10.8 Å². The van der Waals surface area contributed by atoms with Gasteiger partial charge in [-0.05, 0) is 29.3 Å². The molecule has 0 aliphatic rings. The average Bonchev–Trinajstić information content (AvgIpc) is 3.12. The fourth-order valence-corrected chi connectivity index (χ4v) is 4.63. The van der Waals surface area contributed by atoms with E-state index in [9.17, 15) is 4.39 Å². The van der Waals surface area contributed by atoms with E-state index < -0.39 is 0 Å². The highest BCUT2D eigenvalue weighted by Crippen LogP contribution is 2.37. The van der Waals surface area contributed by atoms with Crippen LogP contribution in [0.2, 0.25) is 0 Å². The van der Waals surface area contributed by atoms with Crippen molar-refractivity contribution in [1.29, 1.82) is 0 Å². The maximum absolute atomic E-state index is 13.9. The summed E-state index contributed by atoms with van der Waals surface area (Å²) in [6.07, 6.45) is 1.59. The Bertz CT molecular complexity index is 1050. The number of rotatable bonds is 5. The molecule has 2 heterocycles. The summed E-state index contributed by atoms with van der Waals surface area (Å²) in [6, 6.07) is 17.4. The fraction of sp³-hybridized carbons (Fsp3) is 0.100. The van der Waals surface area contributed by atoms with Gasteiger partial charge in [-0.1, -0.05) is 36.4 Å². The lowest BCUT2D eigenvalue weighted by Crippen LogP contribution is -1.90. The maximum atomic E-state index is 13.9. The van der Waals surface area contributed by atoms with Crippen molar-refractivity contribution in [2.75, 3.05) is 7.11 Å². The predicted molar refractivity (Wildman–Crippen MR) is 105 cm³/mol. The number of hydrogen-bond acceptors (Lipinski definition) is 5. The highest BCUT2D eigenvalue weighted by molar-refractivity contribution is 7.98. The van der Waals surface area contributed by atoms with Crippen LogP contribution in [0.5, 0.6) is 5.75 Å². The van der Waals surface area contributed by atoms with Crippen molar-refractivity contribution in [2.24, 2.45) is 0 Å². The van der Waals surface area contributed by atoms with E-state index in [0.717, 1.165) is 20.8 Å². The molecule has 0 aliphatic heterocycles. The van der Waals surface area contributed by atoms with Crippen molar-refractivity contribution in [3.05, 3.63) is 72.3 Å². The third-order valence-corrected chi connectivity index (χ3v) is 6.11. The standard InChI is InChI=1S/C20H15FN2OS2/c1-24-17-8-7-13(9-16(17)21)11-25-19-15-10-18(14-5-3-2-4-6-14)26-20(15)23-12-22-19/h2-10,12H,11H2,1H3. The Hall–Kier alpha value is -2.44. The van der Waals surface area contributed by atoms with Crippen LogP contribution in [0.3, 0.4) is 0 Å². The van der Waals surface area contributed by atoms with Crippen LogP contribution in [0.1, 0.15) is 5.56 Å². The van der Waals surface area contributed by atoms with Gasteiger partial charge in [-0.2, -0.15) is 0 Å². The molecule has 0 amide bonds. The first kappa shape index (κ1) is 17.0. The summed E-state index contributed by atoms with van der Waals surface area (Å²) >= 11 is 3.23. The number of aromatic nitrogens is 2. The molecule has 0 saturated heterocycles. The van der Waals surface area contributed by atoms with E-state index in [1.165, 1.54) is 23.6 Å². The van der Waals surface area contributed by atoms with Crippen LogP contribution >= 0.6 is 23.1 Å². The van der Waals surface area contributed by atoms with Crippen molar-refractivity contribution in [3.63, 3.8) is 0 Å². The molecule has 2 aromatic carbocycles. The summed E-state index contributed by atoms with van der Waals surface area (Å²) in [6.45, 7) is 0. The van der Waals surface area contributed by atoms with E-state index in [1.54, 1.807) is 35.5 Å². The van der Waals surface area contributed by atoms with Gasteiger partial charge in [0.2, 0.25) is 0 Å². The van der Waals surface area contributed by atoms with Crippen molar-refractivity contribution < 1.29 is 9.13 Å². The van der Waals surface area contributed by atoms with Gasteiger partial charge in [-0.3, -0.25) is 0 Å². The lowest BCUT2D eigenvalue weighted by atomic mass is 10.2. The number of benzene rings is 2. The van der Waals surface area contributed by atoms with E-state index in [4.69, 9.17) is 4.74 Å². The van der Waals surface area contributed by atoms with Gasteiger partial charge >= 0.3 is 0 Å². The third-order valence-electron chi connectivity index (χ3n) is 3.94. The van der Waals surface area contributed by atoms with Crippen LogP contribution in [-0.4, -0.2) is 17.1 Å². The second kappa shape index (κ2) is 7.43. The molecular weight excluding hydrogens is 367 g/mol. The van der Waals surface area contributed by atoms with Crippen molar-refractivity contribution in [3.8, 4) is 16.2 Å². The van der Waals surface area contributed by atoms with Gasteiger partial charge in [-0.25, -0.2) is 14.4 Å². The molecule has 6 heteroatoms. The van der Waals surface area contributed by atoms with Crippen LogP contribution < -0.4 is 4.74 Å². The number of methoxy groups -OCH3 is 1. The van der Waals surface area contributed by atoms with Crippen LogP contribution in [0.25, 0.3) is 20.7 Å². The van der Waals surface area contributed by atoms with E-state index in [1.807, 2.05) is 24.3 Å². The second-order valence-electron chi connectivity index (χ2n) is 5.63. The van der Waals surface area contributed by atoms with Crippen molar-refractivity contribution in [1.82, 2.24) is 9.97 Å². The molecule has 130 valence electrons. The number of halogens is 1. The Kier molecular flexibility index (Phi) is 4.86. The molecule has 0 fully saturated rings. The molecule has 0 spiro atoms. The second-order valence-corrected chi connectivity index (χ2v) is 7.63.